The van der Waals surface area contributed by atoms with Crippen LogP contribution in [0, 0.1) is 6.92 Å². The third-order valence-electron chi connectivity index (χ3n) is 4.04. The molecule has 1 aromatic carbocycles. The van der Waals surface area contributed by atoms with Crippen LogP contribution in [0.1, 0.15) is 24.5 Å². The number of guanidine groups is 1. The van der Waals surface area contributed by atoms with Gasteiger partial charge in [-0.25, -0.2) is 4.98 Å². The average molecular weight is 383 g/mol. The van der Waals surface area contributed by atoms with Crippen molar-refractivity contribution in [3.05, 3.63) is 53.7 Å². The molecule has 2 aromatic rings. The van der Waals surface area contributed by atoms with Crippen LogP contribution in [0.5, 0.6) is 5.75 Å². The normalized spacial score (nSPS) is 11.1. The summed E-state index contributed by atoms with van der Waals surface area (Å²) in [5.74, 6) is 2.07. The number of aromatic nitrogens is 1. The third kappa shape index (κ3) is 6.90. The van der Waals surface area contributed by atoms with Crippen LogP contribution >= 0.6 is 0 Å². The zero-order valence-corrected chi connectivity index (χ0v) is 17.0. The molecule has 0 unspecified atom stereocenters. The molecule has 0 spiro atoms. The molecule has 1 aromatic heterocycles. The second-order valence-electron chi connectivity index (χ2n) is 6.43. The van der Waals surface area contributed by atoms with Crippen LogP contribution in [0.3, 0.4) is 0 Å². The molecule has 28 heavy (non-hydrogen) atoms. The van der Waals surface area contributed by atoms with Gasteiger partial charge < -0.3 is 20.3 Å². The summed E-state index contributed by atoms with van der Waals surface area (Å²) in [4.78, 5) is 22.5. The van der Waals surface area contributed by atoms with Gasteiger partial charge in [0.1, 0.15) is 11.6 Å². The molecule has 0 saturated carbocycles. The van der Waals surface area contributed by atoms with Crippen molar-refractivity contribution in [1.29, 1.82) is 0 Å². The van der Waals surface area contributed by atoms with E-state index in [1.165, 1.54) is 0 Å². The van der Waals surface area contributed by atoms with Gasteiger partial charge in [0, 0.05) is 39.8 Å². The molecule has 1 heterocycles. The Morgan fingerprint density at radius 3 is 2.57 bits per heavy atom. The summed E-state index contributed by atoms with van der Waals surface area (Å²) in [6.45, 7) is 5.76. The number of nitrogens with one attached hydrogen (secondary N) is 2. The van der Waals surface area contributed by atoms with Crippen molar-refractivity contribution >= 4 is 17.7 Å². The van der Waals surface area contributed by atoms with Gasteiger partial charge in [0.05, 0.1) is 6.61 Å². The Morgan fingerprint density at radius 2 is 1.96 bits per heavy atom. The van der Waals surface area contributed by atoms with Gasteiger partial charge in [0.2, 0.25) is 5.91 Å². The number of ether oxygens (including phenoxy) is 1. The van der Waals surface area contributed by atoms with E-state index in [9.17, 15) is 4.79 Å². The number of aryl methyl sites for hydroxylation is 1. The number of hydrogen-bond acceptors (Lipinski definition) is 4. The number of pyridine rings is 1. The highest BCUT2D eigenvalue weighted by Crippen LogP contribution is 2.13. The van der Waals surface area contributed by atoms with Gasteiger partial charge in [-0.2, -0.15) is 0 Å². The highest BCUT2D eigenvalue weighted by atomic mass is 16.5. The molecule has 2 N–H and O–H groups in total. The van der Waals surface area contributed by atoms with E-state index in [-0.39, 0.29) is 5.91 Å². The first-order valence-corrected chi connectivity index (χ1v) is 9.38. The number of benzene rings is 1. The van der Waals surface area contributed by atoms with E-state index in [0.717, 1.165) is 22.8 Å². The minimum Gasteiger partial charge on any atom is -0.494 e. The van der Waals surface area contributed by atoms with Gasteiger partial charge in [0.15, 0.2) is 5.96 Å². The minimum atomic E-state index is -0.0894. The second-order valence-corrected chi connectivity index (χ2v) is 6.43. The molecule has 0 atom stereocenters. The van der Waals surface area contributed by atoms with Gasteiger partial charge in [0.25, 0.3) is 0 Å². The second kappa shape index (κ2) is 10.9. The Kier molecular flexibility index (Phi) is 8.27. The lowest BCUT2D eigenvalue weighted by atomic mass is 10.2. The Balaban J connectivity index is 1.77. The molecule has 150 valence electrons. The van der Waals surface area contributed by atoms with Gasteiger partial charge in [-0.3, -0.25) is 9.79 Å². The average Bonchev–Trinajstić information content (AvgIpc) is 2.68. The number of carbonyl (C=O) groups excluding carboxylic acids is 1. The largest absolute Gasteiger partial charge is 0.494 e. The standard InChI is InChI=1S/C21H29N5O2/c1-5-28-18-9-7-17(8-10-18)15-26(4)21(22-3)23-13-12-20(27)25-19-11-6-16(2)14-24-19/h6-11,14H,5,12-13,15H2,1-4H3,(H,22,23)(H,24,25,27). The highest BCUT2D eigenvalue weighted by Gasteiger charge is 2.08. The fourth-order valence-corrected chi connectivity index (χ4v) is 2.63. The lowest BCUT2D eigenvalue weighted by Crippen LogP contribution is -2.39. The molecule has 0 bridgehead atoms. The van der Waals surface area contributed by atoms with Crippen LogP contribution in [-0.4, -0.2) is 49.0 Å². The van der Waals surface area contributed by atoms with Gasteiger partial charge in [-0.1, -0.05) is 18.2 Å². The molecule has 0 saturated heterocycles. The molecular formula is C21H29N5O2. The van der Waals surface area contributed by atoms with E-state index in [2.05, 4.69) is 20.6 Å². The minimum absolute atomic E-state index is 0.0894. The van der Waals surface area contributed by atoms with E-state index < -0.39 is 0 Å². The predicted octanol–water partition coefficient (Wildman–Crippen LogP) is 2.82. The highest BCUT2D eigenvalue weighted by molar-refractivity contribution is 5.90. The molecule has 0 aliphatic carbocycles. The number of anilines is 1. The summed E-state index contributed by atoms with van der Waals surface area (Å²) < 4.78 is 5.47. The van der Waals surface area contributed by atoms with Crippen LogP contribution < -0.4 is 15.4 Å². The molecule has 2 rings (SSSR count). The quantitative estimate of drug-likeness (QED) is 0.541. The van der Waals surface area contributed by atoms with Crippen LogP contribution in [-0.2, 0) is 11.3 Å². The van der Waals surface area contributed by atoms with Crippen molar-refractivity contribution in [3.63, 3.8) is 0 Å². The van der Waals surface area contributed by atoms with Crippen molar-refractivity contribution in [1.82, 2.24) is 15.2 Å². The van der Waals surface area contributed by atoms with E-state index in [4.69, 9.17) is 4.74 Å². The van der Waals surface area contributed by atoms with Crippen molar-refractivity contribution in [2.75, 3.05) is 32.6 Å². The number of amides is 1. The van der Waals surface area contributed by atoms with Gasteiger partial charge in [-0.05, 0) is 43.2 Å². The van der Waals surface area contributed by atoms with Crippen molar-refractivity contribution in [2.45, 2.75) is 26.8 Å². The Labute approximate surface area is 166 Å². The Bertz CT molecular complexity index is 772. The van der Waals surface area contributed by atoms with Crippen LogP contribution in [0.4, 0.5) is 5.82 Å². The lowest BCUT2D eigenvalue weighted by molar-refractivity contribution is -0.116. The molecule has 7 nitrogen and oxygen atoms in total. The van der Waals surface area contributed by atoms with Crippen LogP contribution in [0.15, 0.2) is 47.6 Å². The monoisotopic (exact) mass is 383 g/mol. The van der Waals surface area contributed by atoms with Gasteiger partial charge >= 0.3 is 0 Å². The summed E-state index contributed by atoms with van der Waals surface area (Å²) in [5, 5.41) is 6.01. The first-order valence-electron chi connectivity index (χ1n) is 9.38. The molecular weight excluding hydrogens is 354 g/mol. The smallest absolute Gasteiger partial charge is 0.227 e. The summed E-state index contributed by atoms with van der Waals surface area (Å²) in [7, 11) is 3.69. The third-order valence-corrected chi connectivity index (χ3v) is 4.04. The topological polar surface area (TPSA) is 78.8 Å². The molecule has 0 radical (unpaired) electrons. The number of rotatable bonds is 8. The zero-order chi connectivity index (χ0) is 20.4. The van der Waals surface area contributed by atoms with E-state index in [1.807, 2.05) is 56.1 Å². The molecule has 0 fully saturated rings. The number of aliphatic imine (C=N–C) groups is 1. The number of hydrogen-bond donors (Lipinski definition) is 2. The molecule has 7 heteroatoms. The summed E-state index contributed by atoms with van der Waals surface area (Å²) in [6, 6.07) is 11.7. The maximum Gasteiger partial charge on any atom is 0.227 e. The summed E-state index contributed by atoms with van der Waals surface area (Å²) >= 11 is 0. The van der Waals surface area contributed by atoms with E-state index in [0.29, 0.717) is 31.9 Å². The Hall–Kier alpha value is -3.09. The molecule has 1 amide bonds. The fourth-order valence-electron chi connectivity index (χ4n) is 2.63. The summed E-state index contributed by atoms with van der Waals surface area (Å²) in [5.41, 5.74) is 2.20. The Morgan fingerprint density at radius 1 is 1.21 bits per heavy atom. The molecule has 0 aliphatic rings. The first kappa shape index (κ1) is 21.2. The van der Waals surface area contributed by atoms with E-state index in [1.54, 1.807) is 19.3 Å². The lowest BCUT2D eigenvalue weighted by Gasteiger charge is -2.22. The fraction of sp³-hybridized carbons (Fsp3) is 0.381. The van der Waals surface area contributed by atoms with Crippen LogP contribution in [0.25, 0.3) is 0 Å². The van der Waals surface area contributed by atoms with Gasteiger partial charge in [-0.15, -0.1) is 0 Å². The summed E-state index contributed by atoms with van der Waals surface area (Å²) in [6.07, 6.45) is 2.05. The number of carbonyl (C=O) groups is 1. The van der Waals surface area contributed by atoms with Crippen molar-refractivity contribution in [2.24, 2.45) is 4.99 Å². The van der Waals surface area contributed by atoms with E-state index >= 15 is 0 Å². The maximum atomic E-state index is 12.1. The maximum absolute atomic E-state index is 12.1. The molecule has 0 aliphatic heterocycles. The number of nitrogens with zero attached hydrogens (tertiary/aromatic N) is 3. The SMILES string of the molecule is CCOc1ccc(CN(C)C(=NC)NCCC(=O)Nc2ccc(C)cn2)cc1. The van der Waals surface area contributed by atoms with Crippen molar-refractivity contribution in [3.8, 4) is 5.75 Å². The predicted molar refractivity (Wildman–Crippen MR) is 113 cm³/mol. The zero-order valence-electron chi connectivity index (χ0n) is 17.0. The van der Waals surface area contributed by atoms with Crippen LogP contribution in [0.2, 0.25) is 0 Å². The first-order chi connectivity index (χ1) is 13.5. The van der Waals surface area contributed by atoms with Crippen molar-refractivity contribution < 1.29 is 9.53 Å².